The number of hydrogen-bond acceptors (Lipinski definition) is 3. The zero-order chi connectivity index (χ0) is 24.0. The smallest absolute Gasteiger partial charge is 0.270 e. The molecule has 0 bridgehead atoms. The lowest BCUT2D eigenvalue weighted by molar-refractivity contribution is -0.113. The summed E-state index contributed by atoms with van der Waals surface area (Å²) >= 11 is 13.4. The van der Waals surface area contributed by atoms with E-state index < -0.39 is 0 Å². The molecule has 6 heteroatoms. The van der Waals surface area contributed by atoms with E-state index in [2.05, 4.69) is 30.5 Å². The summed E-state index contributed by atoms with van der Waals surface area (Å²) in [5, 5.41) is 1.85. The van der Waals surface area contributed by atoms with E-state index in [0.717, 1.165) is 44.0 Å². The zero-order valence-electron chi connectivity index (χ0n) is 19.1. The number of thiocarbonyl (C=S) groups is 1. The largest absolute Gasteiger partial charge is 0.340 e. The van der Waals surface area contributed by atoms with Crippen LogP contribution in [0.4, 0.5) is 5.69 Å². The second-order valence-electron chi connectivity index (χ2n) is 8.48. The molecule has 1 amide bonds. The molecule has 0 unspecified atom stereocenters. The van der Waals surface area contributed by atoms with E-state index in [0.29, 0.717) is 15.8 Å². The predicted molar refractivity (Wildman–Crippen MR) is 149 cm³/mol. The summed E-state index contributed by atoms with van der Waals surface area (Å²) in [5.41, 5.74) is 7.41. The number of fused-ring (bicyclic) bond motifs is 1. The lowest BCUT2D eigenvalue weighted by Crippen LogP contribution is -2.27. The summed E-state index contributed by atoms with van der Waals surface area (Å²) < 4.78 is 2.81. The normalized spacial score (nSPS) is 15.2. The molecule has 3 aromatic carbocycles. The molecule has 2 heterocycles. The Bertz CT molecular complexity index is 1500. The van der Waals surface area contributed by atoms with Crippen LogP contribution in [0.5, 0.6) is 0 Å². The van der Waals surface area contributed by atoms with Gasteiger partial charge in [-0.3, -0.25) is 9.69 Å². The first-order valence-electron chi connectivity index (χ1n) is 11.0. The highest BCUT2D eigenvalue weighted by atomic mass is 35.5. The van der Waals surface area contributed by atoms with E-state index in [1.165, 1.54) is 17.3 Å². The Balaban J connectivity index is 1.57. The number of aromatic nitrogens is 1. The van der Waals surface area contributed by atoms with Crippen molar-refractivity contribution in [2.45, 2.75) is 27.3 Å². The number of para-hydroxylation sites is 1. The zero-order valence-corrected chi connectivity index (χ0v) is 21.5. The second kappa shape index (κ2) is 9.06. The first-order chi connectivity index (χ1) is 16.3. The van der Waals surface area contributed by atoms with Gasteiger partial charge in [0.15, 0.2) is 4.32 Å². The second-order valence-corrected chi connectivity index (χ2v) is 10.6. The Morgan fingerprint density at radius 2 is 1.71 bits per heavy atom. The quantitative estimate of drug-likeness (QED) is 0.211. The summed E-state index contributed by atoms with van der Waals surface area (Å²) in [5.74, 6) is -0.0828. The minimum absolute atomic E-state index is 0.0828. The fourth-order valence-corrected chi connectivity index (χ4v) is 5.80. The maximum absolute atomic E-state index is 13.4. The third kappa shape index (κ3) is 3.98. The van der Waals surface area contributed by atoms with E-state index in [1.807, 2.05) is 67.6 Å². The maximum Gasteiger partial charge on any atom is 0.270 e. The van der Waals surface area contributed by atoms with Gasteiger partial charge < -0.3 is 4.57 Å². The number of nitrogens with zero attached hydrogens (tertiary/aromatic N) is 2. The molecule has 34 heavy (non-hydrogen) atoms. The summed E-state index contributed by atoms with van der Waals surface area (Å²) in [4.78, 5) is 15.7. The summed E-state index contributed by atoms with van der Waals surface area (Å²) in [7, 11) is 0. The van der Waals surface area contributed by atoms with E-state index in [9.17, 15) is 4.79 Å². The van der Waals surface area contributed by atoms with Crippen LogP contribution in [-0.4, -0.2) is 14.8 Å². The van der Waals surface area contributed by atoms with Crippen LogP contribution in [0, 0.1) is 20.8 Å². The van der Waals surface area contributed by atoms with Crippen molar-refractivity contribution >= 4 is 68.5 Å². The van der Waals surface area contributed by atoms with Crippen molar-refractivity contribution in [2.24, 2.45) is 0 Å². The molecule has 0 spiro atoms. The third-order valence-electron chi connectivity index (χ3n) is 6.38. The highest BCUT2D eigenvalue weighted by molar-refractivity contribution is 8.27. The van der Waals surface area contributed by atoms with Crippen molar-refractivity contribution < 1.29 is 4.79 Å². The minimum Gasteiger partial charge on any atom is -0.340 e. The molecule has 0 aliphatic carbocycles. The van der Waals surface area contributed by atoms with Crippen molar-refractivity contribution in [3.63, 3.8) is 0 Å². The summed E-state index contributed by atoms with van der Waals surface area (Å²) in [6.45, 7) is 6.85. The number of hydrogen-bond donors (Lipinski definition) is 0. The van der Waals surface area contributed by atoms with Crippen LogP contribution in [0.3, 0.4) is 0 Å². The first-order valence-corrected chi connectivity index (χ1v) is 12.6. The molecule has 4 aromatic rings. The summed E-state index contributed by atoms with van der Waals surface area (Å²) in [6.07, 6.45) is 1.99. The van der Waals surface area contributed by atoms with Crippen molar-refractivity contribution in [1.82, 2.24) is 4.57 Å². The molecule has 170 valence electrons. The molecule has 1 aromatic heterocycles. The van der Waals surface area contributed by atoms with E-state index in [4.69, 9.17) is 23.8 Å². The van der Waals surface area contributed by atoms with Gasteiger partial charge in [0.1, 0.15) is 0 Å². The van der Waals surface area contributed by atoms with Gasteiger partial charge in [-0.15, -0.1) is 0 Å². The van der Waals surface area contributed by atoms with Gasteiger partial charge in [0.05, 0.1) is 10.6 Å². The van der Waals surface area contributed by atoms with Crippen molar-refractivity contribution in [3.05, 3.63) is 105 Å². The standard InChI is InChI=1S/C28H23ClN2OS2/c1-17-12-13-21(14-18(17)2)31-27(32)26(34-28(31)33)15-23-19(3)30(25-11-7-5-9-22(23)25)16-20-8-4-6-10-24(20)29/h4-15H,16H2,1-3H3/b26-15-. The minimum atomic E-state index is -0.0828. The molecule has 3 nitrogen and oxygen atoms in total. The molecule has 0 N–H and O–H groups in total. The molecular formula is C28H23ClN2OS2. The molecule has 1 aliphatic heterocycles. The van der Waals surface area contributed by atoms with Gasteiger partial charge in [-0.05, 0) is 67.8 Å². The van der Waals surface area contributed by atoms with Gasteiger partial charge in [0.25, 0.3) is 5.91 Å². The number of carbonyl (C=O) groups excluding carboxylic acids is 1. The molecule has 1 fully saturated rings. The number of thioether (sulfide) groups is 1. The maximum atomic E-state index is 13.4. The van der Waals surface area contributed by atoms with Gasteiger partial charge in [-0.2, -0.15) is 0 Å². The van der Waals surface area contributed by atoms with Crippen molar-refractivity contribution in [3.8, 4) is 0 Å². The average molecular weight is 503 g/mol. The number of halogens is 1. The Morgan fingerprint density at radius 1 is 0.971 bits per heavy atom. The number of anilines is 1. The number of amides is 1. The lowest BCUT2D eigenvalue weighted by atomic mass is 10.1. The molecule has 5 rings (SSSR count). The van der Waals surface area contributed by atoms with Gasteiger partial charge >= 0.3 is 0 Å². The van der Waals surface area contributed by atoms with Gasteiger partial charge in [0.2, 0.25) is 0 Å². The highest BCUT2D eigenvalue weighted by Crippen LogP contribution is 2.38. The Kier molecular flexibility index (Phi) is 6.11. The molecule has 0 atom stereocenters. The van der Waals surface area contributed by atoms with Crippen molar-refractivity contribution in [1.29, 1.82) is 0 Å². The van der Waals surface area contributed by atoms with Crippen LogP contribution >= 0.6 is 35.6 Å². The molecule has 1 saturated heterocycles. The van der Waals surface area contributed by atoms with Crippen molar-refractivity contribution in [2.75, 3.05) is 4.90 Å². The SMILES string of the molecule is Cc1ccc(N2C(=O)/C(=C/c3c(C)n(Cc4ccccc4Cl)c4ccccc34)SC2=S)cc1C. The molecule has 0 saturated carbocycles. The van der Waals surface area contributed by atoms with E-state index >= 15 is 0 Å². The van der Waals surface area contributed by atoms with E-state index in [-0.39, 0.29) is 5.91 Å². The Labute approximate surface area is 214 Å². The fraction of sp³-hybridized carbons (Fsp3) is 0.143. The van der Waals surface area contributed by atoms with Crippen LogP contribution in [0.15, 0.2) is 71.6 Å². The topological polar surface area (TPSA) is 25.2 Å². The average Bonchev–Trinajstić information content (AvgIpc) is 3.25. The summed E-state index contributed by atoms with van der Waals surface area (Å²) in [6, 6.07) is 22.2. The lowest BCUT2D eigenvalue weighted by Gasteiger charge is -2.15. The van der Waals surface area contributed by atoms with Crippen LogP contribution in [0.1, 0.15) is 27.9 Å². The number of aryl methyl sites for hydroxylation is 2. The Hall–Kier alpha value is -2.86. The van der Waals surface area contributed by atoms with Crippen LogP contribution in [0.25, 0.3) is 17.0 Å². The van der Waals surface area contributed by atoms with Gasteiger partial charge in [-0.25, -0.2) is 0 Å². The third-order valence-corrected chi connectivity index (χ3v) is 8.05. The van der Waals surface area contributed by atoms with E-state index in [1.54, 1.807) is 4.90 Å². The predicted octanol–water partition coefficient (Wildman–Crippen LogP) is 7.67. The van der Waals surface area contributed by atoms with Gasteiger partial charge in [-0.1, -0.05) is 78.0 Å². The first kappa shape index (κ1) is 22.9. The number of rotatable bonds is 4. The monoisotopic (exact) mass is 502 g/mol. The van der Waals surface area contributed by atoms with Gasteiger partial charge in [0, 0.05) is 33.7 Å². The van der Waals surface area contributed by atoms with Crippen LogP contribution < -0.4 is 4.90 Å². The highest BCUT2D eigenvalue weighted by Gasteiger charge is 2.34. The molecule has 0 radical (unpaired) electrons. The fourth-order valence-electron chi connectivity index (χ4n) is 4.33. The molecule has 1 aliphatic rings. The van der Waals surface area contributed by atoms with Crippen LogP contribution in [0.2, 0.25) is 5.02 Å². The Morgan fingerprint density at radius 3 is 2.47 bits per heavy atom. The van der Waals surface area contributed by atoms with Crippen LogP contribution in [-0.2, 0) is 11.3 Å². The number of benzene rings is 3. The molecular weight excluding hydrogens is 480 g/mol. The number of carbonyl (C=O) groups is 1.